The van der Waals surface area contributed by atoms with Crippen LogP contribution < -0.4 is 15.0 Å². The first-order chi connectivity index (χ1) is 16.8. The fraction of sp³-hybridized carbons (Fsp3) is 0.259. The Morgan fingerprint density at radius 2 is 1.97 bits per heavy atom. The average molecular weight is 508 g/mol. The van der Waals surface area contributed by atoms with Crippen molar-refractivity contribution in [1.29, 1.82) is 0 Å². The number of hydrogen-bond donors (Lipinski definition) is 1. The van der Waals surface area contributed by atoms with Gasteiger partial charge in [-0.15, -0.1) is 11.8 Å². The van der Waals surface area contributed by atoms with E-state index >= 15 is 0 Å². The molecule has 0 bridgehead atoms. The molecule has 1 spiro atoms. The van der Waals surface area contributed by atoms with E-state index < -0.39 is 4.87 Å². The van der Waals surface area contributed by atoms with Crippen LogP contribution in [-0.2, 0) is 16.2 Å². The smallest absolute Gasteiger partial charge is 0.323 e. The van der Waals surface area contributed by atoms with Gasteiger partial charge in [0.05, 0.1) is 19.3 Å². The van der Waals surface area contributed by atoms with E-state index in [1.807, 2.05) is 68.4 Å². The van der Waals surface area contributed by atoms with Crippen molar-refractivity contribution in [2.24, 2.45) is 0 Å². The number of aryl methyl sites for hydroxylation is 2. The van der Waals surface area contributed by atoms with E-state index in [9.17, 15) is 9.59 Å². The van der Waals surface area contributed by atoms with E-state index in [0.717, 1.165) is 33.7 Å². The number of hydrogen-bond acceptors (Lipinski definition) is 4. The zero-order valence-electron chi connectivity index (χ0n) is 19.8. The van der Waals surface area contributed by atoms with Gasteiger partial charge in [0.15, 0.2) is 4.87 Å². The van der Waals surface area contributed by atoms with Gasteiger partial charge in [0.1, 0.15) is 5.75 Å². The normalized spacial score (nSPS) is 18.8. The highest BCUT2D eigenvalue weighted by Gasteiger charge is 2.59. The number of nitrogens with one attached hydrogen (secondary N) is 1. The molecule has 5 rings (SSSR count). The molecule has 35 heavy (non-hydrogen) atoms. The van der Waals surface area contributed by atoms with Crippen LogP contribution in [-0.4, -0.2) is 36.2 Å². The molecule has 0 radical (unpaired) electrons. The standard InChI is InChI=1S/C27H26ClN3O3S/c1-17-7-10-24-22(13-17)27(25(32)30(24)16-19-5-4-6-21(14-19)34-3)31(11-12-35-27)26(33)29-20-9-8-18(2)23(28)15-20/h4-10,13-15H,11-12,16H2,1-3H3,(H,29,33)/t27-/m1/s1. The number of fused-ring (bicyclic) bond motifs is 2. The van der Waals surface area contributed by atoms with Crippen LogP contribution in [0.15, 0.2) is 60.7 Å². The van der Waals surface area contributed by atoms with E-state index in [-0.39, 0.29) is 11.9 Å². The number of carbonyl (C=O) groups is 2. The van der Waals surface area contributed by atoms with Crippen molar-refractivity contribution in [3.8, 4) is 5.75 Å². The second-order valence-corrected chi connectivity index (χ2v) is 10.5. The first kappa shape index (κ1) is 23.6. The Morgan fingerprint density at radius 3 is 2.74 bits per heavy atom. The SMILES string of the molecule is COc1cccc(CN2C(=O)[C@]3(SCCN3C(=O)Nc3ccc(C)c(Cl)c3)c3cc(C)ccc32)c1. The van der Waals surface area contributed by atoms with E-state index in [0.29, 0.717) is 29.6 Å². The Labute approximate surface area is 214 Å². The van der Waals surface area contributed by atoms with Crippen molar-refractivity contribution in [1.82, 2.24) is 4.90 Å². The van der Waals surface area contributed by atoms with Gasteiger partial charge in [-0.05, 0) is 55.3 Å². The fourth-order valence-corrected chi connectivity index (χ4v) is 6.33. The summed E-state index contributed by atoms with van der Waals surface area (Å²) in [6.45, 7) is 4.76. The lowest BCUT2D eigenvalue weighted by Crippen LogP contribution is -2.51. The van der Waals surface area contributed by atoms with Crippen molar-refractivity contribution < 1.29 is 14.3 Å². The van der Waals surface area contributed by atoms with Gasteiger partial charge < -0.3 is 15.0 Å². The summed E-state index contributed by atoms with van der Waals surface area (Å²) in [5.41, 5.74) is 5.20. The number of anilines is 2. The quantitative estimate of drug-likeness (QED) is 0.474. The summed E-state index contributed by atoms with van der Waals surface area (Å²) in [6, 6.07) is 18.8. The van der Waals surface area contributed by atoms with Gasteiger partial charge in [-0.25, -0.2) is 4.79 Å². The number of ether oxygens (including phenoxy) is 1. The lowest BCUT2D eigenvalue weighted by molar-refractivity contribution is -0.123. The number of nitrogens with zero attached hydrogens (tertiary/aromatic N) is 2. The van der Waals surface area contributed by atoms with Gasteiger partial charge in [0.2, 0.25) is 0 Å². The molecule has 0 unspecified atom stereocenters. The van der Waals surface area contributed by atoms with Crippen LogP contribution in [0.2, 0.25) is 5.02 Å². The summed E-state index contributed by atoms with van der Waals surface area (Å²) in [6.07, 6.45) is 0. The Bertz CT molecular complexity index is 1330. The first-order valence-electron chi connectivity index (χ1n) is 11.4. The third-order valence-corrected chi connectivity index (χ3v) is 8.32. The van der Waals surface area contributed by atoms with Crippen molar-refractivity contribution in [3.63, 3.8) is 0 Å². The maximum atomic E-state index is 14.2. The summed E-state index contributed by atoms with van der Waals surface area (Å²) in [5.74, 6) is 1.29. The molecular formula is C27H26ClN3O3S. The van der Waals surface area contributed by atoms with Gasteiger partial charge in [-0.3, -0.25) is 9.69 Å². The topological polar surface area (TPSA) is 61.9 Å². The Morgan fingerprint density at radius 1 is 1.14 bits per heavy atom. The zero-order valence-corrected chi connectivity index (χ0v) is 21.4. The lowest BCUT2D eigenvalue weighted by atomic mass is 10.0. The summed E-state index contributed by atoms with van der Waals surface area (Å²) in [5, 5.41) is 3.53. The second kappa shape index (κ2) is 9.13. The highest BCUT2D eigenvalue weighted by Crippen LogP contribution is 2.54. The van der Waals surface area contributed by atoms with E-state index in [1.165, 1.54) is 11.8 Å². The number of methoxy groups -OCH3 is 1. The maximum Gasteiger partial charge on any atom is 0.323 e. The van der Waals surface area contributed by atoms with Gasteiger partial charge in [-0.2, -0.15) is 0 Å². The molecule has 3 aromatic carbocycles. The monoisotopic (exact) mass is 507 g/mol. The predicted octanol–water partition coefficient (Wildman–Crippen LogP) is 5.95. The molecule has 8 heteroatoms. The summed E-state index contributed by atoms with van der Waals surface area (Å²) in [7, 11) is 1.63. The minimum absolute atomic E-state index is 0.111. The number of carbonyl (C=O) groups excluding carboxylic acids is 2. The number of thioether (sulfide) groups is 1. The molecule has 1 fully saturated rings. The van der Waals surface area contributed by atoms with Crippen molar-refractivity contribution >= 4 is 46.7 Å². The molecule has 1 saturated heterocycles. The van der Waals surface area contributed by atoms with Crippen LogP contribution in [0.1, 0.15) is 22.3 Å². The van der Waals surface area contributed by atoms with E-state index in [4.69, 9.17) is 16.3 Å². The van der Waals surface area contributed by atoms with Gasteiger partial charge in [0.25, 0.3) is 5.91 Å². The van der Waals surface area contributed by atoms with Crippen molar-refractivity contribution in [2.75, 3.05) is 29.6 Å². The van der Waals surface area contributed by atoms with Crippen molar-refractivity contribution in [2.45, 2.75) is 25.3 Å². The Kier molecular flexibility index (Phi) is 6.15. The molecule has 180 valence electrons. The largest absolute Gasteiger partial charge is 0.497 e. The van der Waals surface area contributed by atoms with Crippen LogP contribution >= 0.6 is 23.4 Å². The first-order valence-corrected chi connectivity index (χ1v) is 12.7. The minimum Gasteiger partial charge on any atom is -0.497 e. The highest BCUT2D eigenvalue weighted by molar-refractivity contribution is 8.01. The number of urea groups is 1. The van der Waals surface area contributed by atoms with Crippen LogP contribution in [0.25, 0.3) is 0 Å². The molecule has 6 nitrogen and oxygen atoms in total. The molecular weight excluding hydrogens is 482 g/mol. The fourth-order valence-electron chi connectivity index (χ4n) is 4.70. The molecule has 3 amide bonds. The molecule has 1 atom stereocenters. The molecule has 3 aromatic rings. The molecule has 0 aliphatic carbocycles. The van der Waals surface area contributed by atoms with Crippen molar-refractivity contribution in [3.05, 3.63) is 87.9 Å². The summed E-state index contributed by atoms with van der Waals surface area (Å²) < 4.78 is 5.37. The Balaban J connectivity index is 1.52. The highest BCUT2D eigenvalue weighted by atomic mass is 35.5. The molecule has 2 aliphatic rings. The minimum atomic E-state index is -1.11. The molecule has 0 saturated carbocycles. The molecule has 2 aliphatic heterocycles. The molecule has 1 N–H and O–H groups in total. The summed E-state index contributed by atoms with van der Waals surface area (Å²) in [4.78, 5) is 30.0. The Hall–Kier alpha value is -3.16. The number of halogens is 1. The third kappa shape index (κ3) is 4.02. The lowest BCUT2D eigenvalue weighted by Gasteiger charge is -2.33. The van der Waals surface area contributed by atoms with Crippen LogP contribution in [0.4, 0.5) is 16.2 Å². The number of benzene rings is 3. The van der Waals surface area contributed by atoms with E-state index in [2.05, 4.69) is 5.32 Å². The third-order valence-electron chi connectivity index (χ3n) is 6.49. The van der Waals surface area contributed by atoms with Gasteiger partial charge in [-0.1, -0.05) is 47.5 Å². The number of rotatable bonds is 4. The predicted molar refractivity (Wildman–Crippen MR) is 141 cm³/mol. The van der Waals surface area contributed by atoms with Gasteiger partial charge >= 0.3 is 6.03 Å². The number of amides is 3. The molecule has 2 heterocycles. The van der Waals surface area contributed by atoms with E-state index in [1.54, 1.807) is 23.0 Å². The average Bonchev–Trinajstić information content (AvgIpc) is 3.39. The second-order valence-electron chi connectivity index (χ2n) is 8.80. The van der Waals surface area contributed by atoms with Crippen LogP contribution in [0.5, 0.6) is 5.75 Å². The summed E-state index contributed by atoms with van der Waals surface area (Å²) >= 11 is 7.77. The van der Waals surface area contributed by atoms with Gasteiger partial charge in [0, 0.05) is 28.6 Å². The maximum absolute atomic E-state index is 14.2. The van der Waals surface area contributed by atoms with Crippen LogP contribution in [0.3, 0.4) is 0 Å². The van der Waals surface area contributed by atoms with Crippen LogP contribution in [0, 0.1) is 13.8 Å². The zero-order chi connectivity index (χ0) is 24.7. The molecule has 0 aromatic heterocycles.